The summed E-state index contributed by atoms with van der Waals surface area (Å²) in [5.41, 5.74) is 1.46. The Kier molecular flexibility index (Phi) is 8.23. The van der Waals surface area contributed by atoms with E-state index in [0.29, 0.717) is 5.92 Å². The van der Waals surface area contributed by atoms with E-state index in [1.807, 2.05) is 0 Å². The molecular formula is C12H22Cl2N2O. The van der Waals surface area contributed by atoms with Gasteiger partial charge in [0, 0.05) is 37.3 Å². The second-order valence-electron chi connectivity index (χ2n) is 4.50. The van der Waals surface area contributed by atoms with Crippen LogP contribution in [0.25, 0.3) is 0 Å². The maximum atomic E-state index is 5.95. The summed E-state index contributed by atoms with van der Waals surface area (Å²) in [5.74, 6) is 0.709. The van der Waals surface area contributed by atoms with Crippen molar-refractivity contribution >= 4 is 23.2 Å². The number of piperidine rings is 1. The zero-order chi connectivity index (χ0) is 12.5. The van der Waals surface area contributed by atoms with Gasteiger partial charge >= 0.3 is 0 Å². The molecule has 1 heterocycles. The van der Waals surface area contributed by atoms with Crippen LogP contribution in [0.4, 0.5) is 0 Å². The van der Waals surface area contributed by atoms with Gasteiger partial charge in [-0.25, -0.2) is 0 Å². The van der Waals surface area contributed by atoms with E-state index in [0.717, 1.165) is 44.4 Å². The lowest BCUT2D eigenvalue weighted by atomic mass is 9.98. The number of ether oxygens (including phenoxy) is 1. The Bertz CT molecular complexity index is 237. The Balaban J connectivity index is 2.19. The van der Waals surface area contributed by atoms with Crippen molar-refractivity contribution in [2.75, 3.05) is 46.4 Å². The minimum Gasteiger partial charge on any atom is -0.383 e. The predicted octanol–water partition coefficient (Wildman–Crippen LogP) is 2.25. The van der Waals surface area contributed by atoms with Crippen LogP contribution in [0.2, 0.25) is 0 Å². The van der Waals surface area contributed by atoms with Crippen molar-refractivity contribution in [3.8, 4) is 0 Å². The summed E-state index contributed by atoms with van der Waals surface area (Å²) >= 11 is 11.5. The molecule has 0 aromatic heterocycles. The van der Waals surface area contributed by atoms with E-state index >= 15 is 0 Å². The van der Waals surface area contributed by atoms with Crippen molar-refractivity contribution in [3.05, 3.63) is 10.6 Å². The van der Waals surface area contributed by atoms with Gasteiger partial charge in [-0.15, -0.1) is 0 Å². The third-order valence-electron chi connectivity index (χ3n) is 3.01. The van der Waals surface area contributed by atoms with Crippen LogP contribution in [0.3, 0.4) is 0 Å². The van der Waals surface area contributed by atoms with Crippen molar-refractivity contribution < 1.29 is 4.74 Å². The number of methoxy groups -OCH3 is 1. The number of nitrogens with one attached hydrogen (secondary N) is 1. The highest BCUT2D eigenvalue weighted by molar-refractivity contribution is 6.36. The van der Waals surface area contributed by atoms with Gasteiger partial charge in [0.25, 0.3) is 0 Å². The van der Waals surface area contributed by atoms with Crippen LogP contribution in [-0.4, -0.2) is 51.3 Å². The zero-order valence-corrected chi connectivity index (χ0v) is 11.9. The molecule has 0 bridgehead atoms. The van der Waals surface area contributed by atoms with Crippen molar-refractivity contribution in [3.63, 3.8) is 0 Å². The molecule has 1 aliphatic rings. The van der Waals surface area contributed by atoms with E-state index in [9.17, 15) is 0 Å². The zero-order valence-electron chi connectivity index (χ0n) is 10.4. The summed E-state index contributed by atoms with van der Waals surface area (Å²) < 4.78 is 5.01. The van der Waals surface area contributed by atoms with Gasteiger partial charge in [0.15, 0.2) is 0 Å². The van der Waals surface area contributed by atoms with Crippen molar-refractivity contribution in [2.24, 2.45) is 5.92 Å². The minimum atomic E-state index is 0.709. The molecule has 1 unspecified atom stereocenters. The number of rotatable bonds is 7. The molecule has 0 spiro atoms. The topological polar surface area (TPSA) is 24.5 Å². The molecule has 3 nitrogen and oxygen atoms in total. The van der Waals surface area contributed by atoms with Gasteiger partial charge in [0.1, 0.15) is 0 Å². The van der Waals surface area contributed by atoms with Crippen LogP contribution in [0.5, 0.6) is 0 Å². The highest BCUT2D eigenvalue weighted by Gasteiger charge is 2.19. The van der Waals surface area contributed by atoms with Crippen LogP contribution in [-0.2, 0) is 4.74 Å². The highest BCUT2D eigenvalue weighted by atomic mass is 35.5. The summed E-state index contributed by atoms with van der Waals surface area (Å²) in [6.07, 6.45) is 2.53. The highest BCUT2D eigenvalue weighted by Crippen LogP contribution is 2.18. The Labute approximate surface area is 114 Å². The van der Waals surface area contributed by atoms with Crippen LogP contribution in [0.1, 0.15) is 12.8 Å². The molecule has 100 valence electrons. The number of hydrogen-bond donors (Lipinski definition) is 1. The lowest BCUT2D eigenvalue weighted by Gasteiger charge is -2.32. The van der Waals surface area contributed by atoms with E-state index in [2.05, 4.69) is 10.2 Å². The van der Waals surface area contributed by atoms with E-state index in [1.165, 1.54) is 18.4 Å². The molecule has 1 aliphatic heterocycles. The molecular weight excluding hydrogens is 259 g/mol. The fourth-order valence-electron chi connectivity index (χ4n) is 2.19. The number of nitrogens with zero attached hydrogens (tertiary/aromatic N) is 1. The lowest BCUT2D eigenvalue weighted by Crippen LogP contribution is -2.40. The third kappa shape index (κ3) is 6.63. The van der Waals surface area contributed by atoms with E-state index in [-0.39, 0.29) is 0 Å². The fourth-order valence-corrected chi connectivity index (χ4v) is 2.43. The molecule has 1 atom stereocenters. The van der Waals surface area contributed by atoms with Gasteiger partial charge in [0.05, 0.1) is 6.61 Å². The smallest absolute Gasteiger partial charge is 0.0587 e. The Morgan fingerprint density at radius 3 is 3.12 bits per heavy atom. The van der Waals surface area contributed by atoms with E-state index in [4.69, 9.17) is 27.9 Å². The van der Waals surface area contributed by atoms with Gasteiger partial charge in [-0.3, -0.25) is 4.90 Å². The van der Waals surface area contributed by atoms with E-state index in [1.54, 1.807) is 7.11 Å². The second-order valence-corrected chi connectivity index (χ2v) is 5.20. The van der Waals surface area contributed by atoms with Crippen molar-refractivity contribution in [1.82, 2.24) is 10.2 Å². The first kappa shape index (κ1) is 15.3. The molecule has 0 radical (unpaired) electrons. The fraction of sp³-hybridized carbons (Fsp3) is 0.833. The molecule has 1 rings (SSSR count). The normalized spacial score (nSPS) is 23.0. The quantitative estimate of drug-likeness (QED) is 0.724. The molecule has 0 amide bonds. The molecule has 1 fully saturated rings. The Morgan fingerprint density at radius 2 is 2.41 bits per heavy atom. The molecule has 0 aromatic rings. The monoisotopic (exact) mass is 280 g/mol. The number of hydrogen-bond acceptors (Lipinski definition) is 3. The average Bonchev–Trinajstić information content (AvgIpc) is 2.35. The molecule has 1 N–H and O–H groups in total. The van der Waals surface area contributed by atoms with E-state index < -0.39 is 0 Å². The Hall–Kier alpha value is 0.200. The molecule has 5 heteroatoms. The van der Waals surface area contributed by atoms with Crippen molar-refractivity contribution in [2.45, 2.75) is 12.8 Å². The Morgan fingerprint density at radius 1 is 1.59 bits per heavy atom. The second kappa shape index (κ2) is 9.17. The molecule has 0 saturated carbocycles. The standard InChI is InChI=1S/C12H22Cl2N2O/c1-17-6-4-15-8-11-3-2-5-16(9-11)10-12(14)7-13/h7,11,15H,2-6,8-10H2,1H3. The molecule has 1 saturated heterocycles. The molecule has 0 aromatic carbocycles. The largest absolute Gasteiger partial charge is 0.383 e. The maximum Gasteiger partial charge on any atom is 0.0587 e. The third-order valence-corrected chi connectivity index (χ3v) is 3.62. The predicted molar refractivity (Wildman–Crippen MR) is 73.7 cm³/mol. The van der Waals surface area contributed by atoms with Crippen LogP contribution in [0.15, 0.2) is 10.6 Å². The van der Waals surface area contributed by atoms with Crippen LogP contribution in [0, 0.1) is 5.92 Å². The minimum absolute atomic E-state index is 0.709. The molecule has 17 heavy (non-hydrogen) atoms. The number of halogens is 2. The number of likely N-dealkylation sites (tertiary alicyclic amines) is 1. The summed E-state index contributed by atoms with van der Waals surface area (Å²) in [4.78, 5) is 2.37. The van der Waals surface area contributed by atoms with Gasteiger partial charge in [-0.2, -0.15) is 0 Å². The first-order valence-electron chi connectivity index (χ1n) is 6.13. The first-order valence-corrected chi connectivity index (χ1v) is 6.94. The van der Waals surface area contributed by atoms with Crippen molar-refractivity contribution in [1.29, 1.82) is 0 Å². The lowest BCUT2D eigenvalue weighted by molar-refractivity contribution is 0.174. The van der Waals surface area contributed by atoms with Gasteiger partial charge in [-0.1, -0.05) is 23.2 Å². The summed E-state index contributed by atoms with van der Waals surface area (Å²) in [7, 11) is 1.73. The van der Waals surface area contributed by atoms with Crippen LogP contribution < -0.4 is 5.32 Å². The maximum absolute atomic E-state index is 5.95. The van der Waals surface area contributed by atoms with Gasteiger partial charge < -0.3 is 10.1 Å². The van der Waals surface area contributed by atoms with Gasteiger partial charge in [0.2, 0.25) is 0 Å². The summed E-state index contributed by atoms with van der Waals surface area (Å²) in [6.45, 7) is 5.75. The molecule has 0 aliphatic carbocycles. The first-order chi connectivity index (χ1) is 8.26. The van der Waals surface area contributed by atoms with Crippen LogP contribution >= 0.6 is 23.2 Å². The summed E-state index contributed by atoms with van der Waals surface area (Å²) in [5, 5.41) is 4.14. The SMILES string of the molecule is COCCNCC1CCCN(CC(Cl)=CCl)C1. The average molecular weight is 281 g/mol. The summed E-state index contributed by atoms with van der Waals surface area (Å²) in [6, 6.07) is 0. The van der Waals surface area contributed by atoms with Gasteiger partial charge in [-0.05, 0) is 31.8 Å².